The summed E-state index contributed by atoms with van der Waals surface area (Å²) in [6, 6.07) is 7.55. The normalized spacial score (nSPS) is 9.73. The summed E-state index contributed by atoms with van der Waals surface area (Å²) in [6.45, 7) is 2.49. The van der Waals surface area contributed by atoms with E-state index in [0.717, 1.165) is 5.56 Å². The molecule has 82 valence electrons. The van der Waals surface area contributed by atoms with Crippen LogP contribution in [0.2, 0.25) is 0 Å². The number of nitrogens with one attached hydrogen (secondary N) is 1. The van der Waals surface area contributed by atoms with E-state index in [-0.39, 0.29) is 12.5 Å². The summed E-state index contributed by atoms with van der Waals surface area (Å²) in [6.07, 6.45) is 0. The highest BCUT2D eigenvalue weighted by atomic mass is 35.5. The summed E-state index contributed by atoms with van der Waals surface area (Å²) in [4.78, 5) is 11.1. The number of alkyl halides is 1. The molecule has 1 N–H and O–H groups in total. The third kappa shape index (κ3) is 4.70. The summed E-state index contributed by atoms with van der Waals surface area (Å²) in [5.74, 6) is 0.953. The number of carbonyl (C=O) groups is 1. The number of hydrogen-bond donors (Lipinski definition) is 1. The van der Waals surface area contributed by atoms with Gasteiger partial charge in [0.05, 0.1) is 0 Å². The first-order valence-electron chi connectivity index (χ1n) is 4.74. The first-order valence-corrected chi connectivity index (χ1v) is 5.28. The van der Waals surface area contributed by atoms with Crippen molar-refractivity contribution in [3.63, 3.8) is 0 Å². The third-order valence-electron chi connectivity index (χ3n) is 1.81. The average Bonchev–Trinajstić information content (AvgIpc) is 2.25. The minimum absolute atomic E-state index is 0.0277. The van der Waals surface area contributed by atoms with Crippen molar-refractivity contribution in [2.45, 2.75) is 6.92 Å². The lowest BCUT2D eigenvalue weighted by molar-refractivity contribution is -0.122. The van der Waals surface area contributed by atoms with Crippen LogP contribution in [0.5, 0.6) is 5.75 Å². The van der Waals surface area contributed by atoms with E-state index in [2.05, 4.69) is 5.32 Å². The molecule has 1 aromatic carbocycles. The molecule has 0 atom stereocenters. The Kier molecular flexibility index (Phi) is 4.98. The fourth-order valence-corrected chi connectivity index (χ4v) is 1.12. The van der Waals surface area contributed by atoms with E-state index in [1.54, 1.807) is 0 Å². The van der Waals surface area contributed by atoms with E-state index < -0.39 is 0 Å². The van der Waals surface area contributed by atoms with Crippen LogP contribution in [0.3, 0.4) is 0 Å². The Bertz CT molecular complexity index is 311. The van der Waals surface area contributed by atoms with Gasteiger partial charge < -0.3 is 10.1 Å². The van der Waals surface area contributed by atoms with Gasteiger partial charge in [-0.25, -0.2) is 0 Å². The predicted molar refractivity (Wildman–Crippen MR) is 60.4 cm³/mol. The Morgan fingerprint density at radius 1 is 1.40 bits per heavy atom. The molecular formula is C11H14ClNO2. The van der Waals surface area contributed by atoms with Gasteiger partial charge in [0.2, 0.25) is 0 Å². The number of rotatable bonds is 5. The zero-order valence-electron chi connectivity index (χ0n) is 8.63. The van der Waals surface area contributed by atoms with Crippen LogP contribution >= 0.6 is 11.6 Å². The maximum absolute atomic E-state index is 11.1. The molecule has 0 aliphatic heterocycles. The van der Waals surface area contributed by atoms with Gasteiger partial charge in [0.1, 0.15) is 5.75 Å². The number of benzene rings is 1. The Hall–Kier alpha value is -1.22. The molecule has 1 rings (SSSR count). The highest BCUT2D eigenvalue weighted by Gasteiger charge is 2.00. The number of ether oxygens (including phenoxy) is 1. The minimum atomic E-state index is -0.156. The van der Waals surface area contributed by atoms with Crippen molar-refractivity contribution >= 4 is 17.5 Å². The number of halogens is 1. The molecule has 0 aliphatic rings. The molecule has 0 unspecified atom stereocenters. The van der Waals surface area contributed by atoms with Gasteiger partial charge in [-0.1, -0.05) is 17.7 Å². The predicted octanol–water partition coefficient (Wildman–Crippen LogP) is 1.73. The van der Waals surface area contributed by atoms with E-state index in [4.69, 9.17) is 16.3 Å². The van der Waals surface area contributed by atoms with Gasteiger partial charge in [0, 0.05) is 12.4 Å². The quantitative estimate of drug-likeness (QED) is 0.778. The number of hydrogen-bond acceptors (Lipinski definition) is 2. The maximum Gasteiger partial charge on any atom is 0.257 e. The molecule has 3 nitrogen and oxygen atoms in total. The Morgan fingerprint density at radius 2 is 2.07 bits per heavy atom. The summed E-state index contributed by atoms with van der Waals surface area (Å²) in [5.41, 5.74) is 1.16. The largest absolute Gasteiger partial charge is 0.484 e. The summed E-state index contributed by atoms with van der Waals surface area (Å²) in [5, 5.41) is 2.62. The van der Waals surface area contributed by atoms with Crippen LogP contribution < -0.4 is 10.1 Å². The zero-order chi connectivity index (χ0) is 11.1. The van der Waals surface area contributed by atoms with Crippen LogP contribution in [-0.4, -0.2) is 24.9 Å². The summed E-state index contributed by atoms with van der Waals surface area (Å²) < 4.78 is 5.26. The lowest BCUT2D eigenvalue weighted by atomic mass is 10.2. The molecule has 0 spiro atoms. The van der Waals surface area contributed by atoms with Crippen LogP contribution in [0.15, 0.2) is 24.3 Å². The van der Waals surface area contributed by atoms with Crippen LogP contribution in [0.1, 0.15) is 5.56 Å². The van der Waals surface area contributed by atoms with E-state index in [0.29, 0.717) is 18.2 Å². The Morgan fingerprint density at radius 3 is 2.67 bits per heavy atom. The fraction of sp³-hybridized carbons (Fsp3) is 0.364. The molecule has 0 fully saturated rings. The van der Waals surface area contributed by atoms with Crippen LogP contribution in [0.4, 0.5) is 0 Å². The highest BCUT2D eigenvalue weighted by molar-refractivity contribution is 6.18. The van der Waals surface area contributed by atoms with Crippen molar-refractivity contribution in [3.05, 3.63) is 29.8 Å². The number of amides is 1. The maximum atomic E-state index is 11.1. The van der Waals surface area contributed by atoms with Gasteiger partial charge >= 0.3 is 0 Å². The first-order chi connectivity index (χ1) is 7.22. The minimum Gasteiger partial charge on any atom is -0.484 e. The molecule has 0 aliphatic carbocycles. The Balaban J connectivity index is 2.30. The summed E-state index contributed by atoms with van der Waals surface area (Å²) >= 11 is 5.42. The average molecular weight is 228 g/mol. The van der Waals surface area contributed by atoms with Crippen LogP contribution in [-0.2, 0) is 4.79 Å². The number of carbonyl (C=O) groups excluding carboxylic acids is 1. The second kappa shape index (κ2) is 6.30. The molecule has 0 heterocycles. The first kappa shape index (κ1) is 11.9. The van der Waals surface area contributed by atoms with Gasteiger partial charge in [-0.15, -0.1) is 11.6 Å². The molecular weight excluding hydrogens is 214 g/mol. The molecule has 15 heavy (non-hydrogen) atoms. The van der Waals surface area contributed by atoms with Gasteiger partial charge in [0.25, 0.3) is 5.91 Å². The van der Waals surface area contributed by atoms with Crippen LogP contribution in [0.25, 0.3) is 0 Å². The van der Waals surface area contributed by atoms with Crippen LogP contribution in [0, 0.1) is 6.92 Å². The summed E-state index contributed by atoms with van der Waals surface area (Å²) in [7, 11) is 0. The van der Waals surface area contributed by atoms with E-state index in [1.165, 1.54) is 0 Å². The van der Waals surface area contributed by atoms with Crippen molar-refractivity contribution in [2.24, 2.45) is 0 Å². The smallest absolute Gasteiger partial charge is 0.257 e. The molecule has 1 aromatic rings. The second-order valence-corrected chi connectivity index (χ2v) is 3.52. The molecule has 0 radical (unpaired) electrons. The molecule has 0 saturated heterocycles. The molecule has 1 amide bonds. The van der Waals surface area contributed by atoms with Crippen molar-refractivity contribution < 1.29 is 9.53 Å². The van der Waals surface area contributed by atoms with E-state index in [9.17, 15) is 4.79 Å². The van der Waals surface area contributed by atoms with Crippen molar-refractivity contribution in [2.75, 3.05) is 19.0 Å². The number of aryl methyl sites for hydroxylation is 1. The molecule has 0 bridgehead atoms. The van der Waals surface area contributed by atoms with Gasteiger partial charge in [-0.05, 0) is 19.1 Å². The lowest BCUT2D eigenvalue weighted by Gasteiger charge is -2.06. The molecule has 4 heteroatoms. The molecule has 0 saturated carbocycles. The standard InChI is InChI=1S/C11H14ClNO2/c1-9-2-4-10(5-3-9)15-8-11(14)13-7-6-12/h2-5H,6-8H2,1H3,(H,13,14). The molecule has 0 aromatic heterocycles. The highest BCUT2D eigenvalue weighted by Crippen LogP contribution is 2.10. The lowest BCUT2D eigenvalue weighted by Crippen LogP contribution is -2.30. The monoisotopic (exact) mass is 227 g/mol. The van der Waals surface area contributed by atoms with Crippen molar-refractivity contribution in [1.29, 1.82) is 0 Å². The zero-order valence-corrected chi connectivity index (χ0v) is 9.38. The van der Waals surface area contributed by atoms with Gasteiger partial charge in [0.15, 0.2) is 6.61 Å². The SMILES string of the molecule is Cc1ccc(OCC(=O)NCCCl)cc1. The van der Waals surface area contributed by atoms with Gasteiger partial charge in [-0.3, -0.25) is 4.79 Å². The Labute approximate surface area is 94.4 Å². The fourth-order valence-electron chi connectivity index (χ4n) is 1.02. The van der Waals surface area contributed by atoms with E-state index >= 15 is 0 Å². The second-order valence-electron chi connectivity index (χ2n) is 3.14. The third-order valence-corrected chi connectivity index (χ3v) is 2.00. The van der Waals surface area contributed by atoms with Gasteiger partial charge in [-0.2, -0.15) is 0 Å². The van der Waals surface area contributed by atoms with E-state index in [1.807, 2.05) is 31.2 Å². The topological polar surface area (TPSA) is 38.3 Å². The van der Waals surface area contributed by atoms with Crippen molar-refractivity contribution in [3.8, 4) is 5.75 Å². The van der Waals surface area contributed by atoms with Crippen molar-refractivity contribution in [1.82, 2.24) is 5.32 Å².